The number of rotatable bonds is 6. The molecule has 0 aliphatic carbocycles. The molecule has 0 aliphatic heterocycles. The van der Waals surface area contributed by atoms with Gasteiger partial charge in [0.2, 0.25) is 5.91 Å². The van der Waals surface area contributed by atoms with Crippen LogP contribution in [0.15, 0.2) is 36.4 Å². The molecule has 0 bridgehead atoms. The average Bonchev–Trinajstić information content (AvgIpc) is 2.59. The van der Waals surface area contributed by atoms with Crippen LogP contribution in [0.4, 0.5) is 5.69 Å². The van der Waals surface area contributed by atoms with Gasteiger partial charge in [0, 0.05) is 22.7 Å². The number of methoxy groups -OCH3 is 2. The first-order chi connectivity index (χ1) is 11.9. The summed E-state index contributed by atoms with van der Waals surface area (Å²) in [6.07, 6.45) is 0. The molecule has 2 aromatic carbocycles. The number of halogens is 1. The molecule has 2 N–H and O–H groups in total. The zero-order valence-corrected chi connectivity index (χ0v) is 16.3. The summed E-state index contributed by atoms with van der Waals surface area (Å²) in [4.78, 5) is 23.6. The molecule has 0 unspecified atom stereocenters. The Bertz CT molecular complexity index is 793. The van der Waals surface area contributed by atoms with Crippen LogP contribution in [0.25, 0.3) is 0 Å². The van der Waals surface area contributed by atoms with Crippen molar-refractivity contribution in [2.24, 2.45) is 0 Å². The van der Waals surface area contributed by atoms with Crippen LogP contribution in [0.5, 0.6) is 11.5 Å². The van der Waals surface area contributed by atoms with Crippen molar-refractivity contribution >= 4 is 40.1 Å². The summed E-state index contributed by atoms with van der Waals surface area (Å²) in [7, 11) is 3.08. The van der Waals surface area contributed by atoms with Crippen molar-refractivity contribution in [3.8, 4) is 11.5 Å². The summed E-state index contributed by atoms with van der Waals surface area (Å²) in [5, 5.41) is 5.59. The van der Waals surface area contributed by atoms with Gasteiger partial charge in [-0.2, -0.15) is 0 Å². The molecule has 7 heteroatoms. The topological polar surface area (TPSA) is 76.7 Å². The molecule has 0 atom stereocenters. The lowest BCUT2D eigenvalue weighted by molar-refractivity contribution is -0.114. The van der Waals surface area contributed by atoms with E-state index in [1.54, 1.807) is 25.3 Å². The Morgan fingerprint density at radius 2 is 1.76 bits per heavy atom. The maximum Gasteiger partial charge on any atom is 0.252 e. The molecular weight excluding hydrogens is 435 g/mol. The Morgan fingerprint density at radius 1 is 1.08 bits per heavy atom. The first-order valence-corrected chi connectivity index (χ1v) is 8.58. The molecule has 0 aliphatic rings. The Kier molecular flexibility index (Phi) is 6.63. The second-order valence-electron chi connectivity index (χ2n) is 5.25. The van der Waals surface area contributed by atoms with E-state index in [9.17, 15) is 9.59 Å². The van der Waals surface area contributed by atoms with Gasteiger partial charge in [-0.1, -0.05) is 12.1 Å². The van der Waals surface area contributed by atoms with Crippen molar-refractivity contribution in [3.05, 3.63) is 51.1 Å². The highest BCUT2D eigenvalue weighted by molar-refractivity contribution is 14.1. The average molecular weight is 454 g/mol. The number of anilines is 1. The van der Waals surface area contributed by atoms with Crippen molar-refractivity contribution in [2.75, 3.05) is 19.5 Å². The van der Waals surface area contributed by atoms with Gasteiger partial charge in [-0.25, -0.2) is 0 Å². The largest absolute Gasteiger partial charge is 0.493 e. The number of hydrogen-bond acceptors (Lipinski definition) is 4. The van der Waals surface area contributed by atoms with E-state index in [1.165, 1.54) is 14.0 Å². The quantitative estimate of drug-likeness (QED) is 0.658. The molecule has 0 radical (unpaired) electrons. The van der Waals surface area contributed by atoms with Gasteiger partial charge in [0.15, 0.2) is 11.5 Å². The Hall–Kier alpha value is -2.29. The van der Waals surface area contributed by atoms with Crippen LogP contribution in [0.3, 0.4) is 0 Å². The predicted molar refractivity (Wildman–Crippen MR) is 104 cm³/mol. The van der Waals surface area contributed by atoms with Gasteiger partial charge in [0.1, 0.15) is 0 Å². The highest BCUT2D eigenvalue weighted by Gasteiger charge is 2.15. The SMILES string of the molecule is COc1cc(I)c(C(=O)NCc2cccc(NC(C)=O)c2)cc1OC. The molecule has 0 heterocycles. The molecule has 2 amide bonds. The maximum absolute atomic E-state index is 12.5. The molecule has 0 saturated carbocycles. The summed E-state index contributed by atoms with van der Waals surface area (Å²) < 4.78 is 11.2. The minimum absolute atomic E-state index is 0.138. The van der Waals surface area contributed by atoms with E-state index in [4.69, 9.17) is 9.47 Å². The number of benzene rings is 2. The fraction of sp³-hybridized carbons (Fsp3) is 0.222. The van der Waals surface area contributed by atoms with E-state index in [1.807, 2.05) is 18.2 Å². The van der Waals surface area contributed by atoms with Gasteiger partial charge in [0.25, 0.3) is 5.91 Å². The van der Waals surface area contributed by atoms with Gasteiger partial charge in [-0.05, 0) is 52.4 Å². The van der Waals surface area contributed by atoms with Crippen LogP contribution < -0.4 is 20.1 Å². The summed E-state index contributed by atoms with van der Waals surface area (Å²) in [6, 6.07) is 10.7. The summed E-state index contributed by atoms with van der Waals surface area (Å²) >= 11 is 2.09. The molecule has 0 fully saturated rings. The monoisotopic (exact) mass is 454 g/mol. The summed E-state index contributed by atoms with van der Waals surface area (Å²) in [5.41, 5.74) is 2.09. The number of nitrogens with one attached hydrogen (secondary N) is 2. The van der Waals surface area contributed by atoms with E-state index in [2.05, 4.69) is 33.2 Å². The van der Waals surface area contributed by atoms with Crippen LogP contribution >= 0.6 is 22.6 Å². The minimum Gasteiger partial charge on any atom is -0.493 e. The van der Waals surface area contributed by atoms with E-state index < -0.39 is 0 Å². The minimum atomic E-state index is -0.213. The molecule has 2 rings (SSSR count). The van der Waals surface area contributed by atoms with Gasteiger partial charge >= 0.3 is 0 Å². The third kappa shape index (κ3) is 5.09. The van der Waals surface area contributed by atoms with Crippen molar-refractivity contribution in [2.45, 2.75) is 13.5 Å². The molecular formula is C18H19IN2O4. The van der Waals surface area contributed by atoms with E-state index in [0.29, 0.717) is 29.3 Å². The van der Waals surface area contributed by atoms with Crippen molar-refractivity contribution in [3.63, 3.8) is 0 Å². The zero-order chi connectivity index (χ0) is 18.4. The molecule has 0 saturated heterocycles. The summed E-state index contributed by atoms with van der Waals surface area (Å²) in [6.45, 7) is 1.80. The fourth-order valence-corrected chi connectivity index (χ4v) is 2.95. The summed E-state index contributed by atoms with van der Waals surface area (Å²) in [5.74, 6) is 0.725. The normalized spacial score (nSPS) is 10.1. The van der Waals surface area contributed by atoms with Crippen molar-refractivity contribution in [1.82, 2.24) is 5.32 Å². The lowest BCUT2D eigenvalue weighted by Gasteiger charge is -2.12. The number of carbonyl (C=O) groups excluding carboxylic acids is 2. The van der Waals surface area contributed by atoms with Crippen LogP contribution in [0, 0.1) is 3.57 Å². The van der Waals surface area contributed by atoms with Crippen LogP contribution in [0.1, 0.15) is 22.8 Å². The smallest absolute Gasteiger partial charge is 0.252 e. The molecule has 0 aromatic heterocycles. The lowest BCUT2D eigenvalue weighted by atomic mass is 10.1. The second kappa shape index (κ2) is 8.70. The molecule has 25 heavy (non-hydrogen) atoms. The van der Waals surface area contributed by atoms with Crippen molar-refractivity contribution < 1.29 is 19.1 Å². The standard InChI is InChI=1S/C18H19IN2O4/c1-11(22)21-13-6-4-5-12(7-13)10-20-18(23)14-8-16(24-2)17(25-3)9-15(14)19/h4-9H,10H2,1-3H3,(H,20,23)(H,21,22). The van der Waals surface area contributed by atoms with Gasteiger partial charge < -0.3 is 20.1 Å². The van der Waals surface area contributed by atoms with Gasteiger partial charge in [0.05, 0.1) is 19.8 Å². The van der Waals surface area contributed by atoms with Crippen LogP contribution in [-0.2, 0) is 11.3 Å². The highest BCUT2D eigenvalue weighted by Crippen LogP contribution is 2.31. The van der Waals surface area contributed by atoms with Crippen molar-refractivity contribution in [1.29, 1.82) is 0 Å². The Balaban J connectivity index is 2.11. The van der Waals surface area contributed by atoms with Crippen LogP contribution in [0.2, 0.25) is 0 Å². The number of ether oxygens (including phenoxy) is 2. The highest BCUT2D eigenvalue weighted by atomic mass is 127. The molecule has 132 valence electrons. The molecule has 0 spiro atoms. The second-order valence-corrected chi connectivity index (χ2v) is 6.41. The third-order valence-corrected chi connectivity index (χ3v) is 4.31. The Morgan fingerprint density at radius 3 is 2.40 bits per heavy atom. The van der Waals surface area contributed by atoms with E-state index in [0.717, 1.165) is 9.13 Å². The fourth-order valence-electron chi connectivity index (χ4n) is 2.27. The molecule has 2 aromatic rings. The number of hydrogen-bond donors (Lipinski definition) is 2. The van der Waals surface area contributed by atoms with Gasteiger partial charge in [-0.15, -0.1) is 0 Å². The number of carbonyl (C=O) groups is 2. The number of amides is 2. The van der Waals surface area contributed by atoms with E-state index in [-0.39, 0.29) is 11.8 Å². The Labute approximate surface area is 160 Å². The predicted octanol–water partition coefficient (Wildman–Crippen LogP) is 3.20. The lowest BCUT2D eigenvalue weighted by Crippen LogP contribution is -2.24. The first kappa shape index (κ1) is 19.0. The van der Waals surface area contributed by atoms with E-state index >= 15 is 0 Å². The maximum atomic E-state index is 12.5. The molecule has 6 nitrogen and oxygen atoms in total. The zero-order valence-electron chi connectivity index (χ0n) is 14.2. The van der Waals surface area contributed by atoms with Crippen LogP contribution in [-0.4, -0.2) is 26.0 Å². The third-order valence-electron chi connectivity index (χ3n) is 3.42. The van der Waals surface area contributed by atoms with Gasteiger partial charge in [-0.3, -0.25) is 9.59 Å². The first-order valence-electron chi connectivity index (χ1n) is 7.51.